The van der Waals surface area contributed by atoms with Crippen molar-refractivity contribution in [2.24, 2.45) is 0 Å². The number of nitrogens with one attached hydrogen (secondary N) is 1. The molecule has 0 atom stereocenters. The third-order valence-electron chi connectivity index (χ3n) is 5.89. The summed E-state index contributed by atoms with van der Waals surface area (Å²) in [5, 5.41) is 0. The average molecular weight is 449 g/mol. The molecule has 166 valence electrons. The van der Waals surface area contributed by atoms with Gasteiger partial charge in [-0.05, 0) is 74.6 Å². The molecule has 0 aromatic heterocycles. The number of fused-ring (bicyclic) bond motifs is 1. The van der Waals surface area contributed by atoms with Crippen molar-refractivity contribution in [2.45, 2.75) is 45.6 Å². The molecule has 0 saturated heterocycles. The third-order valence-corrected chi connectivity index (χ3v) is 7.60. The molecule has 0 fully saturated rings. The Labute approximate surface area is 190 Å². The van der Waals surface area contributed by atoms with E-state index in [4.69, 9.17) is 0 Å². The zero-order chi connectivity index (χ0) is 23.0. The number of hydrogen-bond donors (Lipinski definition) is 1. The fourth-order valence-corrected chi connectivity index (χ4v) is 6.02. The maximum atomic E-state index is 13.0. The summed E-state index contributed by atoms with van der Waals surface area (Å²) >= 11 is 0. The van der Waals surface area contributed by atoms with Gasteiger partial charge in [-0.25, -0.2) is 13.1 Å². The molecule has 3 aromatic rings. The first-order valence-corrected chi connectivity index (χ1v) is 12.2. The molecule has 0 aliphatic carbocycles. The van der Waals surface area contributed by atoms with Crippen LogP contribution < -0.4 is 9.62 Å². The largest absolute Gasteiger partial charge is 0.308 e. The van der Waals surface area contributed by atoms with E-state index in [1.807, 2.05) is 82.3 Å². The van der Waals surface area contributed by atoms with Crippen molar-refractivity contribution < 1.29 is 13.2 Å². The quantitative estimate of drug-likeness (QED) is 0.620. The molecule has 1 heterocycles. The second kappa shape index (κ2) is 8.52. The number of aryl methyl sites for hydroxylation is 4. The van der Waals surface area contributed by atoms with E-state index in [9.17, 15) is 13.2 Å². The first-order valence-electron chi connectivity index (χ1n) is 10.7. The van der Waals surface area contributed by atoms with Gasteiger partial charge in [0.15, 0.2) is 0 Å². The number of rotatable bonds is 5. The lowest BCUT2D eigenvalue weighted by molar-refractivity contribution is 0.0989. The zero-order valence-electron chi connectivity index (χ0n) is 18.9. The highest BCUT2D eigenvalue weighted by atomic mass is 32.2. The number of carbonyl (C=O) groups excluding carboxylic acids is 1. The average Bonchev–Trinajstić information content (AvgIpc) is 3.14. The van der Waals surface area contributed by atoms with Gasteiger partial charge >= 0.3 is 0 Å². The van der Waals surface area contributed by atoms with Crippen LogP contribution in [0.2, 0.25) is 0 Å². The molecule has 1 N–H and O–H groups in total. The monoisotopic (exact) mass is 448 g/mol. The van der Waals surface area contributed by atoms with Gasteiger partial charge in [-0.3, -0.25) is 4.79 Å². The van der Waals surface area contributed by atoms with Crippen molar-refractivity contribution >= 4 is 21.6 Å². The molecule has 0 spiro atoms. The standard InChI is InChI=1S/C26H28N2O3S/c1-17-6-5-7-23(14-17)26(29)28-11-10-22-15-21(8-9-24(22)28)16-27-32(30,31)25-19(3)12-18(2)13-20(25)4/h5-9,12-15,27H,10-11,16H2,1-4H3. The molecule has 0 bridgehead atoms. The van der Waals surface area contributed by atoms with Crippen LogP contribution in [0.25, 0.3) is 0 Å². The normalized spacial score (nSPS) is 13.3. The Balaban J connectivity index is 1.52. The van der Waals surface area contributed by atoms with Gasteiger partial charge in [0.25, 0.3) is 5.91 Å². The smallest absolute Gasteiger partial charge is 0.258 e. The van der Waals surface area contributed by atoms with Crippen molar-refractivity contribution in [3.8, 4) is 0 Å². The van der Waals surface area contributed by atoms with Gasteiger partial charge < -0.3 is 4.90 Å². The number of benzene rings is 3. The van der Waals surface area contributed by atoms with Crippen LogP contribution in [0.3, 0.4) is 0 Å². The van der Waals surface area contributed by atoms with Gasteiger partial charge in [-0.2, -0.15) is 0 Å². The Morgan fingerprint density at radius 3 is 2.34 bits per heavy atom. The predicted molar refractivity (Wildman–Crippen MR) is 128 cm³/mol. The first kappa shape index (κ1) is 22.2. The van der Waals surface area contributed by atoms with Crippen LogP contribution in [-0.4, -0.2) is 20.9 Å². The molecule has 6 heteroatoms. The molecule has 3 aromatic carbocycles. The SMILES string of the molecule is Cc1cccc(C(=O)N2CCc3cc(CNS(=O)(=O)c4c(C)cc(C)cc4C)ccc32)c1. The fourth-order valence-electron chi connectivity index (χ4n) is 4.55. The molecule has 1 aliphatic heterocycles. The number of nitrogens with zero attached hydrogens (tertiary/aromatic N) is 1. The summed E-state index contributed by atoms with van der Waals surface area (Å²) in [6.07, 6.45) is 0.754. The Morgan fingerprint density at radius 1 is 0.938 bits per heavy atom. The predicted octanol–water partition coefficient (Wildman–Crippen LogP) is 4.60. The van der Waals surface area contributed by atoms with Crippen molar-refractivity contribution in [3.63, 3.8) is 0 Å². The van der Waals surface area contributed by atoms with E-state index in [0.717, 1.165) is 45.5 Å². The third kappa shape index (κ3) is 4.33. The van der Waals surface area contributed by atoms with Gasteiger partial charge in [-0.15, -0.1) is 0 Å². The summed E-state index contributed by atoms with van der Waals surface area (Å²) < 4.78 is 28.6. The van der Waals surface area contributed by atoms with E-state index in [2.05, 4.69) is 4.72 Å². The molecule has 1 amide bonds. The second-order valence-electron chi connectivity index (χ2n) is 8.59. The Morgan fingerprint density at radius 2 is 1.66 bits per heavy atom. The topological polar surface area (TPSA) is 66.5 Å². The van der Waals surface area contributed by atoms with Crippen molar-refractivity contribution in [3.05, 3.63) is 93.5 Å². The van der Waals surface area contributed by atoms with Gasteiger partial charge in [0.05, 0.1) is 4.90 Å². The van der Waals surface area contributed by atoms with Gasteiger partial charge in [-0.1, -0.05) is 47.5 Å². The molecular weight excluding hydrogens is 420 g/mol. The Bertz CT molecular complexity index is 1290. The van der Waals surface area contributed by atoms with Crippen molar-refractivity contribution in [1.82, 2.24) is 4.72 Å². The molecule has 4 rings (SSSR count). The van der Waals surface area contributed by atoms with E-state index in [1.165, 1.54) is 0 Å². The van der Waals surface area contributed by atoms with Crippen LogP contribution in [-0.2, 0) is 23.0 Å². The highest BCUT2D eigenvalue weighted by Gasteiger charge is 2.26. The summed E-state index contributed by atoms with van der Waals surface area (Å²) in [7, 11) is -3.63. The van der Waals surface area contributed by atoms with Crippen LogP contribution >= 0.6 is 0 Å². The van der Waals surface area contributed by atoms with E-state index in [-0.39, 0.29) is 12.5 Å². The number of amides is 1. The van der Waals surface area contributed by atoms with Crippen LogP contribution in [0.4, 0.5) is 5.69 Å². The van der Waals surface area contributed by atoms with Gasteiger partial charge in [0.2, 0.25) is 10.0 Å². The number of anilines is 1. The van der Waals surface area contributed by atoms with Crippen molar-refractivity contribution in [2.75, 3.05) is 11.4 Å². The molecule has 5 nitrogen and oxygen atoms in total. The summed E-state index contributed by atoms with van der Waals surface area (Å²) in [4.78, 5) is 15.1. The fraction of sp³-hybridized carbons (Fsp3) is 0.269. The van der Waals surface area contributed by atoms with E-state index in [1.54, 1.807) is 4.90 Å². The summed E-state index contributed by atoms with van der Waals surface area (Å²) in [6.45, 7) is 8.41. The summed E-state index contributed by atoms with van der Waals surface area (Å²) in [5.74, 6) is -0.00813. The number of carbonyl (C=O) groups is 1. The molecule has 32 heavy (non-hydrogen) atoms. The number of sulfonamides is 1. The van der Waals surface area contributed by atoms with Crippen molar-refractivity contribution in [1.29, 1.82) is 0 Å². The minimum absolute atomic E-state index is 0.00813. The van der Waals surface area contributed by atoms with E-state index < -0.39 is 10.0 Å². The molecule has 1 aliphatic rings. The zero-order valence-corrected chi connectivity index (χ0v) is 19.7. The second-order valence-corrected chi connectivity index (χ2v) is 10.3. The Hall–Kier alpha value is -2.96. The minimum atomic E-state index is -3.63. The molecule has 0 saturated carbocycles. The molecule has 0 unspecified atom stereocenters. The maximum Gasteiger partial charge on any atom is 0.258 e. The Kier molecular flexibility index (Phi) is 5.93. The molecular formula is C26H28N2O3S. The lowest BCUT2D eigenvalue weighted by atomic mass is 10.1. The molecule has 0 radical (unpaired) electrons. The maximum absolute atomic E-state index is 13.0. The summed E-state index contributed by atoms with van der Waals surface area (Å²) in [5.41, 5.74) is 7.10. The lowest BCUT2D eigenvalue weighted by Crippen LogP contribution is -2.28. The van der Waals surface area contributed by atoms with E-state index >= 15 is 0 Å². The highest BCUT2D eigenvalue weighted by Crippen LogP contribution is 2.30. The van der Waals surface area contributed by atoms with Gasteiger partial charge in [0.1, 0.15) is 0 Å². The van der Waals surface area contributed by atoms with Crippen LogP contribution in [0.15, 0.2) is 59.5 Å². The van der Waals surface area contributed by atoms with Crippen LogP contribution in [0.5, 0.6) is 0 Å². The van der Waals surface area contributed by atoms with E-state index in [0.29, 0.717) is 17.0 Å². The summed E-state index contributed by atoms with van der Waals surface area (Å²) in [6, 6.07) is 17.2. The number of hydrogen-bond acceptors (Lipinski definition) is 3. The minimum Gasteiger partial charge on any atom is -0.308 e. The highest BCUT2D eigenvalue weighted by molar-refractivity contribution is 7.89. The van der Waals surface area contributed by atoms with Gasteiger partial charge in [0, 0.05) is 24.3 Å². The van der Waals surface area contributed by atoms with Crippen LogP contribution in [0.1, 0.15) is 43.7 Å². The lowest BCUT2D eigenvalue weighted by Gasteiger charge is -2.18. The first-order chi connectivity index (χ1) is 15.2. The van der Waals surface area contributed by atoms with Crippen LogP contribution in [0, 0.1) is 27.7 Å².